The van der Waals surface area contributed by atoms with Crippen LogP contribution in [0.3, 0.4) is 0 Å². The van der Waals surface area contributed by atoms with E-state index in [4.69, 9.17) is 9.47 Å². The number of hydrogen-bond acceptors (Lipinski definition) is 6. The first-order chi connectivity index (χ1) is 11.6. The quantitative estimate of drug-likeness (QED) is 0.760. The molecule has 0 aliphatic carbocycles. The van der Waals surface area contributed by atoms with Gasteiger partial charge in [0.05, 0.1) is 37.6 Å². The van der Waals surface area contributed by atoms with Gasteiger partial charge in [-0.2, -0.15) is 0 Å². The van der Waals surface area contributed by atoms with Crippen LogP contribution in [0.25, 0.3) is 0 Å². The first-order valence-electron chi connectivity index (χ1n) is 7.89. The monoisotopic (exact) mass is 415 g/mol. The summed E-state index contributed by atoms with van der Waals surface area (Å²) in [5.74, 6) is -0.284. The van der Waals surface area contributed by atoms with Crippen LogP contribution in [0.5, 0.6) is 0 Å². The van der Waals surface area contributed by atoms with Gasteiger partial charge in [0.15, 0.2) is 5.78 Å². The number of hydrogen-bond donors (Lipinski definition) is 1. The molecular formula is C16H22BrN3O5. The summed E-state index contributed by atoms with van der Waals surface area (Å²) >= 11 is 3.21. The molecule has 0 aromatic carbocycles. The van der Waals surface area contributed by atoms with Gasteiger partial charge in [0.25, 0.3) is 5.56 Å². The van der Waals surface area contributed by atoms with Gasteiger partial charge in [-0.15, -0.1) is 0 Å². The molecule has 1 aliphatic heterocycles. The molecule has 0 unspecified atom stereocenters. The fourth-order valence-electron chi connectivity index (χ4n) is 2.35. The topological polar surface area (TPSA) is 89.9 Å². The zero-order valence-electron chi connectivity index (χ0n) is 14.7. The van der Waals surface area contributed by atoms with Crippen molar-refractivity contribution in [2.24, 2.45) is 0 Å². The molecule has 1 aromatic rings. The maximum Gasteiger partial charge on any atom is 0.412 e. The molecule has 0 atom stereocenters. The maximum absolute atomic E-state index is 12.7. The highest BCUT2D eigenvalue weighted by Crippen LogP contribution is 2.25. The van der Waals surface area contributed by atoms with Crippen LogP contribution in [0.15, 0.2) is 15.5 Å². The highest BCUT2D eigenvalue weighted by atomic mass is 79.9. The van der Waals surface area contributed by atoms with E-state index in [0.717, 1.165) is 0 Å². The number of amides is 1. The average Bonchev–Trinajstić information content (AvgIpc) is 2.51. The van der Waals surface area contributed by atoms with Crippen LogP contribution in [-0.2, 0) is 9.47 Å². The number of carbonyl (C=O) groups excluding carboxylic acids is 2. The second-order valence-electron chi connectivity index (χ2n) is 6.63. The number of halogens is 1. The summed E-state index contributed by atoms with van der Waals surface area (Å²) in [7, 11) is 0. The Balaban J connectivity index is 2.43. The minimum Gasteiger partial charge on any atom is -0.444 e. The van der Waals surface area contributed by atoms with E-state index in [1.165, 1.54) is 17.8 Å². The van der Waals surface area contributed by atoms with Crippen LogP contribution in [0.4, 0.5) is 10.5 Å². The number of pyridine rings is 1. The number of carbonyl (C=O) groups is 2. The molecule has 8 nitrogen and oxygen atoms in total. The number of ether oxygens (including phenoxy) is 2. The van der Waals surface area contributed by atoms with E-state index < -0.39 is 11.7 Å². The molecule has 1 saturated heterocycles. The van der Waals surface area contributed by atoms with Gasteiger partial charge in [-0.25, -0.2) is 9.47 Å². The van der Waals surface area contributed by atoms with Gasteiger partial charge < -0.3 is 14.5 Å². The van der Waals surface area contributed by atoms with E-state index in [0.29, 0.717) is 26.3 Å². The Morgan fingerprint density at radius 3 is 2.40 bits per heavy atom. The molecule has 0 saturated carbocycles. The number of Topliss-reactive ketones (excluding diaryl/α,β-unsaturated/α-hetero) is 1. The van der Waals surface area contributed by atoms with Gasteiger partial charge >= 0.3 is 6.09 Å². The number of anilines is 1. The molecule has 1 fully saturated rings. The predicted molar refractivity (Wildman–Crippen MR) is 97.0 cm³/mol. The second-order valence-corrected chi connectivity index (χ2v) is 7.42. The summed E-state index contributed by atoms with van der Waals surface area (Å²) in [5, 5.41) is 4.29. The SMILES string of the molecule is CC(=O)c1cn(N2CCOCC2)c(=O)c(Br)c1NC(=O)OC(C)(C)C. The van der Waals surface area contributed by atoms with Gasteiger partial charge in [-0.1, -0.05) is 0 Å². The average molecular weight is 416 g/mol. The Labute approximate surface area is 154 Å². The van der Waals surface area contributed by atoms with E-state index >= 15 is 0 Å². The number of ketones is 1. The van der Waals surface area contributed by atoms with Crippen LogP contribution in [-0.4, -0.2) is 48.5 Å². The molecule has 2 rings (SSSR count). The Bertz CT molecular complexity index is 733. The van der Waals surface area contributed by atoms with Crippen molar-refractivity contribution >= 4 is 33.5 Å². The summed E-state index contributed by atoms with van der Waals surface area (Å²) < 4.78 is 12.0. The number of rotatable bonds is 3. The van der Waals surface area contributed by atoms with E-state index in [1.54, 1.807) is 25.8 Å². The fourth-order valence-corrected chi connectivity index (χ4v) is 2.84. The first-order valence-corrected chi connectivity index (χ1v) is 8.68. The summed E-state index contributed by atoms with van der Waals surface area (Å²) in [6.07, 6.45) is 0.701. The molecular weight excluding hydrogens is 394 g/mol. The molecule has 25 heavy (non-hydrogen) atoms. The van der Waals surface area contributed by atoms with Crippen molar-refractivity contribution in [3.8, 4) is 0 Å². The third kappa shape index (κ3) is 4.82. The van der Waals surface area contributed by atoms with Crippen LogP contribution in [0.2, 0.25) is 0 Å². The number of morpholine rings is 1. The third-order valence-corrected chi connectivity index (χ3v) is 4.17. The van der Waals surface area contributed by atoms with Crippen LogP contribution in [0, 0.1) is 0 Å². The third-order valence-electron chi connectivity index (χ3n) is 3.43. The van der Waals surface area contributed by atoms with Crippen molar-refractivity contribution in [1.29, 1.82) is 0 Å². The Hall–Kier alpha value is -1.87. The van der Waals surface area contributed by atoms with Crippen molar-refractivity contribution in [3.63, 3.8) is 0 Å². The molecule has 1 amide bonds. The molecule has 2 heterocycles. The largest absolute Gasteiger partial charge is 0.444 e. The van der Waals surface area contributed by atoms with Gasteiger partial charge in [-0.05, 0) is 43.6 Å². The normalized spacial score (nSPS) is 15.0. The summed E-state index contributed by atoms with van der Waals surface area (Å²) in [5.41, 5.74) is -0.756. The molecule has 138 valence electrons. The Morgan fingerprint density at radius 1 is 1.28 bits per heavy atom. The lowest BCUT2D eigenvalue weighted by atomic mass is 10.1. The van der Waals surface area contributed by atoms with Crippen molar-refractivity contribution in [2.45, 2.75) is 33.3 Å². The highest BCUT2D eigenvalue weighted by molar-refractivity contribution is 9.10. The van der Waals surface area contributed by atoms with Crippen molar-refractivity contribution in [3.05, 3.63) is 26.6 Å². The van der Waals surface area contributed by atoms with Gasteiger partial charge in [0.1, 0.15) is 10.1 Å². The van der Waals surface area contributed by atoms with E-state index in [9.17, 15) is 14.4 Å². The zero-order valence-corrected chi connectivity index (χ0v) is 16.3. The van der Waals surface area contributed by atoms with Gasteiger partial charge in [0.2, 0.25) is 0 Å². The Kier molecular flexibility index (Phi) is 5.89. The lowest BCUT2D eigenvalue weighted by molar-refractivity contribution is 0.0636. The van der Waals surface area contributed by atoms with Crippen molar-refractivity contribution in [1.82, 2.24) is 4.68 Å². The molecule has 9 heteroatoms. The molecule has 0 radical (unpaired) electrons. The Morgan fingerprint density at radius 2 is 1.88 bits per heavy atom. The van der Waals surface area contributed by atoms with E-state index in [-0.39, 0.29) is 27.1 Å². The lowest BCUT2D eigenvalue weighted by Crippen LogP contribution is -2.49. The van der Waals surface area contributed by atoms with Crippen LogP contribution in [0.1, 0.15) is 38.1 Å². The summed E-state index contributed by atoms with van der Waals surface area (Å²) in [6, 6.07) is 0. The van der Waals surface area contributed by atoms with Crippen LogP contribution >= 0.6 is 15.9 Å². The summed E-state index contributed by atoms with van der Waals surface area (Å²) in [4.78, 5) is 36.8. The van der Waals surface area contributed by atoms with E-state index in [1.807, 2.05) is 0 Å². The molecule has 1 aromatic heterocycles. The second kappa shape index (κ2) is 7.57. The van der Waals surface area contributed by atoms with Crippen LogP contribution < -0.4 is 15.9 Å². The van der Waals surface area contributed by atoms with Crippen molar-refractivity contribution < 1.29 is 19.1 Å². The molecule has 0 bridgehead atoms. The minimum absolute atomic E-state index is 0.0950. The molecule has 1 N–H and O–H groups in total. The highest BCUT2D eigenvalue weighted by Gasteiger charge is 2.24. The van der Waals surface area contributed by atoms with Gasteiger partial charge in [0, 0.05) is 6.20 Å². The predicted octanol–water partition coefficient (Wildman–Crippen LogP) is 2.13. The fraction of sp³-hybridized carbons (Fsp3) is 0.562. The molecule has 0 spiro atoms. The maximum atomic E-state index is 12.7. The van der Waals surface area contributed by atoms with E-state index in [2.05, 4.69) is 21.2 Å². The standard InChI is InChI=1S/C16H22BrN3O5/c1-10(21)11-9-20(19-5-7-24-8-6-19)14(22)12(17)13(11)18-15(23)25-16(2,3)4/h9H,5-8H2,1-4H3,(H,18,23). The zero-order chi connectivity index (χ0) is 18.8. The smallest absolute Gasteiger partial charge is 0.412 e. The first kappa shape index (κ1) is 19.5. The number of aromatic nitrogens is 1. The lowest BCUT2D eigenvalue weighted by Gasteiger charge is -2.31. The number of nitrogens with zero attached hydrogens (tertiary/aromatic N) is 2. The van der Waals surface area contributed by atoms with Gasteiger partial charge in [-0.3, -0.25) is 14.9 Å². The summed E-state index contributed by atoms with van der Waals surface area (Å²) in [6.45, 7) is 8.60. The molecule has 1 aliphatic rings. The minimum atomic E-state index is -0.737. The number of nitrogens with one attached hydrogen (secondary N) is 1. The van der Waals surface area contributed by atoms with Crippen molar-refractivity contribution in [2.75, 3.05) is 36.6 Å².